The molecule has 2 saturated heterocycles. The zero-order valence-electron chi connectivity index (χ0n) is 16.6. The molecule has 0 aromatic carbocycles. The lowest BCUT2D eigenvalue weighted by Gasteiger charge is -2.38. The molecule has 0 aliphatic carbocycles. The number of nitrogens with one attached hydrogen (secondary N) is 2. The van der Waals surface area contributed by atoms with Crippen LogP contribution in [0.15, 0.2) is 0 Å². The summed E-state index contributed by atoms with van der Waals surface area (Å²) in [5.41, 5.74) is -0.433. The van der Waals surface area contributed by atoms with Crippen LogP contribution in [-0.2, 0) is 9.47 Å². The first kappa shape index (κ1) is 20.5. The van der Waals surface area contributed by atoms with Gasteiger partial charge in [-0.1, -0.05) is 0 Å². The van der Waals surface area contributed by atoms with Gasteiger partial charge >= 0.3 is 6.09 Å². The van der Waals surface area contributed by atoms with Crippen LogP contribution in [0.25, 0.3) is 0 Å². The van der Waals surface area contributed by atoms with Gasteiger partial charge in [0.25, 0.3) is 0 Å². The lowest BCUT2D eigenvalue weighted by atomic mass is 9.91. The Morgan fingerprint density at radius 1 is 1.40 bits per heavy atom. The number of carbonyl (C=O) groups excluding carboxylic acids is 1. The maximum atomic E-state index is 12.3. The molecule has 1 amide bonds. The summed E-state index contributed by atoms with van der Waals surface area (Å²) in [5, 5.41) is 7.24. The second kappa shape index (κ2) is 9.19. The van der Waals surface area contributed by atoms with Crippen molar-refractivity contribution >= 4 is 6.09 Å². The van der Waals surface area contributed by atoms with Gasteiger partial charge in [0.1, 0.15) is 5.60 Å². The summed E-state index contributed by atoms with van der Waals surface area (Å²) in [6, 6.07) is 1.24. The van der Waals surface area contributed by atoms with E-state index in [1.807, 2.05) is 25.7 Å². The third-order valence-corrected chi connectivity index (χ3v) is 5.00. The topological polar surface area (TPSA) is 62.8 Å². The number of amides is 1. The summed E-state index contributed by atoms with van der Waals surface area (Å²) in [7, 11) is 0. The molecule has 2 fully saturated rings. The Balaban J connectivity index is 1.78. The van der Waals surface area contributed by atoms with Gasteiger partial charge < -0.3 is 25.0 Å². The van der Waals surface area contributed by atoms with Gasteiger partial charge in [-0.15, -0.1) is 0 Å². The number of ether oxygens (including phenoxy) is 2. The fraction of sp³-hybridized carbons (Fsp3) is 0.947. The highest BCUT2D eigenvalue weighted by atomic mass is 16.6. The van der Waals surface area contributed by atoms with Gasteiger partial charge in [0, 0.05) is 37.8 Å². The van der Waals surface area contributed by atoms with Crippen LogP contribution in [0, 0.1) is 5.92 Å². The van der Waals surface area contributed by atoms with Gasteiger partial charge in [-0.3, -0.25) is 0 Å². The first-order valence-electron chi connectivity index (χ1n) is 9.79. The van der Waals surface area contributed by atoms with E-state index >= 15 is 0 Å². The molecule has 0 bridgehead atoms. The number of hydrogen-bond acceptors (Lipinski definition) is 5. The van der Waals surface area contributed by atoms with E-state index in [1.165, 1.54) is 0 Å². The highest BCUT2D eigenvalue weighted by molar-refractivity contribution is 5.68. The van der Waals surface area contributed by atoms with Gasteiger partial charge in [0.2, 0.25) is 0 Å². The first-order valence-corrected chi connectivity index (χ1v) is 9.79. The summed E-state index contributed by atoms with van der Waals surface area (Å²) in [5.74, 6) is 0.472. The van der Waals surface area contributed by atoms with Crippen LogP contribution in [-0.4, -0.2) is 67.6 Å². The fourth-order valence-corrected chi connectivity index (χ4v) is 3.76. The molecule has 0 aromatic rings. The van der Waals surface area contributed by atoms with Gasteiger partial charge in [-0.25, -0.2) is 4.79 Å². The molecule has 0 saturated carbocycles. The molecule has 2 N–H and O–H groups in total. The van der Waals surface area contributed by atoms with E-state index < -0.39 is 5.60 Å². The van der Waals surface area contributed by atoms with Crippen molar-refractivity contribution in [2.75, 3.05) is 32.8 Å². The van der Waals surface area contributed by atoms with E-state index in [0.29, 0.717) is 24.0 Å². The zero-order chi connectivity index (χ0) is 18.4. The lowest BCUT2D eigenvalue weighted by molar-refractivity contribution is 0.0145. The van der Waals surface area contributed by atoms with Crippen LogP contribution >= 0.6 is 0 Å². The van der Waals surface area contributed by atoms with Crippen LogP contribution in [0.4, 0.5) is 4.79 Å². The molecule has 2 heterocycles. The quantitative estimate of drug-likeness (QED) is 0.793. The highest BCUT2D eigenvalue weighted by Gasteiger charge is 2.30. The van der Waals surface area contributed by atoms with Crippen molar-refractivity contribution in [2.45, 2.75) is 77.6 Å². The van der Waals surface area contributed by atoms with Crippen molar-refractivity contribution in [2.24, 2.45) is 5.92 Å². The van der Waals surface area contributed by atoms with Gasteiger partial charge in [0.15, 0.2) is 0 Å². The minimum Gasteiger partial charge on any atom is -0.444 e. The summed E-state index contributed by atoms with van der Waals surface area (Å²) < 4.78 is 11.1. The standard InChI is InChI=1S/C19H37N3O3/c1-14(11-17-13-24-10-8-20-17)21-15(2)16-7-6-9-22(12-16)18(23)25-19(3,4)5/h14-17,20-21H,6-13H2,1-5H3. The Kier molecular flexibility index (Phi) is 7.52. The second-order valence-corrected chi connectivity index (χ2v) is 8.65. The Bertz CT molecular complexity index is 419. The number of carbonyl (C=O) groups is 1. The maximum Gasteiger partial charge on any atom is 0.410 e. The third kappa shape index (κ3) is 7.12. The monoisotopic (exact) mass is 355 g/mol. The van der Waals surface area contributed by atoms with E-state index in [2.05, 4.69) is 24.5 Å². The van der Waals surface area contributed by atoms with Crippen LogP contribution in [0.5, 0.6) is 0 Å². The molecular formula is C19H37N3O3. The minimum absolute atomic E-state index is 0.180. The zero-order valence-corrected chi connectivity index (χ0v) is 16.6. The molecular weight excluding hydrogens is 318 g/mol. The van der Waals surface area contributed by atoms with E-state index in [0.717, 1.165) is 52.1 Å². The Hall–Kier alpha value is -0.850. The van der Waals surface area contributed by atoms with Crippen molar-refractivity contribution in [3.8, 4) is 0 Å². The molecule has 0 radical (unpaired) electrons. The highest BCUT2D eigenvalue weighted by Crippen LogP contribution is 2.22. The van der Waals surface area contributed by atoms with E-state index in [4.69, 9.17) is 9.47 Å². The second-order valence-electron chi connectivity index (χ2n) is 8.65. The first-order chi connectivity index (χ1) is 11.7. The molecule has 2 rings (SSSR count). The van der Waals surface area contributed by atoms with Crippen molar-refractivity contribution in [3.05, 3.63) is 0 Å². The van der Waals surface area contributed by atoms with Crippen LogP contribution in [0.3, 0.4) is 0 Å². The number of nitrogens with zero attached hydrogens (tertiary/aromatic N) is 1. The molecule has 0 aromatic heterocycles. The number of morpholine rings is 1. The Morgan fingerprint density at radius 2 is 2.16 bits per heavy atom. The summed E-state index contributed by atoms with van der Waals surface area (Å²) in [4.78, 5) is 14.2. The molecule has 25 heavy (non-hydrogen) atoms. The predicted octanol–water partition coefficient (Wildman–Crippen LogP) is 2.38. The van der Waals surface area contributed by atoms with Gasteiger partial charge in [0.05, 0.1) is 13.2 Å². The van der Waals surface area contributed by atoms with Crippen LogP contribution < -0.4 is 10.6 Å². The van der Waals surface area contributed by atoms with Crippen molar-refractivity contribution < 1.29 is 14.3 Å². The van der Waals surface area contributed by atoms with E-state index in [1.54, 1.807) is 0 Å². The van der Waals surface area contributed by atoms with Crippen LogP contribution in [0.2, 0.25) is 0 Å². The van der Waals surface area contributed by atoms with Gasteiger partial charge in [-0.2, -0.15) is 0 Å². The van der Waals surface area contributed by atoms with Crippen molar-refractivity contribution in [1.29, 1.82) is 0 Å². The molecule has 6 nitrogen and oxygen atoms in total. The van der Waals surface area contributed by atoms with Crippen molar-refractivity contribution in [1.82, 2.24) is 15.5 Å². The van der Waals surface area contributed by atoms with Crippen LogP contribution in [0.1, 0.15) is 53.9 Å². The summed E-state index contributed by atoms with van der Waals surface area (Å²) in [6.45, 7) is 14.4. The van der Waals surface area contributed by atoms with Gasteiger partial charge in [-0.05, 0) is 59.8 Å². The number of rotatable bonds is 5. The minimum atomic E-state index is -0.433. The number of piperidine rings is 1. The molecule has 4 unspecified atom stereocenters. The SMILES string of the molecule is CC(CC1COCCN1)NC(C)C1CCCN(C(=O)OC(C)(C)C)C1. The number of hydrogen-bond donors (Lipinski definition) is 2. The third-order valence-electron chi connectivity index (χ3n) is 5.00. The fourth-order valence-electron chi connectivity index (χ4n) is 3.76. The summed E-state index contributed by atoms with van der Waals surface area (Å²) in [6.07, 6.45) is 3.08. The maximum absolute atomic E-state index is 12.3. The average molecular weight is 356 g/mol. The molecule has 4 atom stereocenters. The van der Waals surface area contributed by atoms with E-state index in [-0.39, 0.29) is 6.09 Å². The molecule has 2 aliphatic heterocycles. The molecule has 146 valence electrons. The smallest absolute Gasteiger partial charge is 0.410 e. The average Bonchev–Trinajstić information content (AvgIpc) is 2.54. The Labute approximate surface area is 153 Å². The number of likely N-dealkylation sites (tertiary alicyclic amines) is 1. The Morgan fingerprint density at radius 3 is 2.80 bits per heavy atom. The molecule has 6 heteroatoms. The largest absolute Gasteiger partial charge is 0.444 e. The normalized spacial score (nSPS) is 27.6. The molecule has 0 spiro atoms. The summed E-state index contributed by atoms with van der Waals surface area (Å²) >= 11 is 0. The van der Waals surface area contributed by atoms with E-state index in [9.17, 15) is 4.79 Å². The predicted molar refractivity (Wildman–Crippen MR) is 99.8 cm³/mol. The van der Waals surface area contributed by atoms with Crippen molar-refractivity contribution in [3.63, 3.8) is 0 Å². The lowest BCUT2D eigenvalue weighted by Crippen LogP contribution is -2.51. The molecule has 2 aliphatic rings.